The molecule has 10 nitrogen and oxygen atoms in total. The SMILES string of the molecule is O=C(O[C@H]([C@H](OC(=O)c1ccccc1)[C@H](COCc1ccccc1)OC(=O)c1ccccc1)[C@@H](COCc1ccccc1)OC(=O)c1ccccc1)c1ccccc1. The van der Waals surface area contributed by atoms with Crippen LogP contribution in [0.25, 0.3) is 0 Å². The van der Waals surface area contributed by atoms with Gasteiger partial charge in [0.1, 0.15) is 0 Å². The quantitative estimate of drug-likeness (QED) is 0.0586. The Hall–Kier alpha value is -6.88. The summed E-state index contributed by atoms with van der Waals surface area (Å²) in [6, 6.07) is 51.5. The third kappa shape index (κ3) is 12.1. The zero-order chi connectivity index (χ0) is 40.4. The minimum Gasteiger partial charge on any atom is -0.452 e. The molecule has 0 aliphatic heterocycles. The molecule has 294 valence electrons. The number of rotatable bonds is 19. The van der Waals surface area contributed by atoms with E-state index >= 15 is 0 Å². The molecule has 6 aromatic rings. The van der Waals surface area contributed by atoms with Gasteiger partial charge in [0.15, 0.2) is 24.4 Å². The molecule has 6 aromatic carbocycles. The van der Waals surface area contributed by atoms with Gasteiger partial charge in [-0.15, -0.1) is 0 Å². The van der Waals surface area contributed by atoms with Gasteiger partial charge in [-0.3, -0.25) is 0 Å². The van der Waals surface area contributed by atoms with Crippen LogP contribution in [0.3, 0.4) is 0 Å². The van der Waals surface area contributed by atoms with Crippen LogP contribution in [0.4, 0.5) is 0 Å². The standard InChI is InChI=1S/C48H42O10/c49-45(37-23-11-3-12-24-37)55-41(33-53-31-35-19-7-1-8-20-35)43(57-47(51)39-27-15-5-16-28-39)44(58-48(52)40-29-17-6-18-30-40)42(34-54-32-36-21-9-2-10-22-36)56-46(50)38-25-13-4-14-26-38/h1-30,41-44H,31-34H2/t41-,42+,43+,44-. The maximum atomic E-state index is 14.1. The Morgan fingerprint density at radius 3 is 0.845 bits per heavy atom. The summed E-state index contributed by atoms with van der Waals surface area (Å²) in [5.41, 5.74) is 2.39. The van der Waals surface area contributed by atoms with Crippen molar-refractivity contribution in [3.8, 4) is 0 Å². The molecule has 0 spiro atoms. The number of hydrogen-bond donors (Lipinski definition) is 0. The van der Waals surface area contributed by atoms with E-state index in [0.29, 0.717) is 0 Å². The van der Waals surface area contributed by atoms with Gasteiger partial charge in [-0.1, -0.05) is 133 Å². The minimum atomic E-state index is -1.63. The molecular weight excluding hydrogens is 737 g/mol. The summed E-state index contributed by atoms with van der Waals surface area (Å²) in [7, 11) is 0. The lowest BCUT2D eigenvalue weighted by molar-refractivity contribution is -0.147. The van der Waals surface area contributed by atoms with Crippen molar-refractivity contribution < 1.29 is 47.6 Å². The summed E-state index contributed by atoms with van der Waals surface area (Å²) in [4.78, 5) is 55.8. The third-order valence-corrected chi connectivity index (χ3v) is 8.89. The van der Waals surface area contributed by atoms with Gasteiger partial charge in [-0.2, -0.15) is 0 Å². The molecule has 0 aliphatic rings. The number of hydrogen-bond acceptors (Lipinski definition) is 10. The van der Waals surface area contributed by atoms with Crippen LogP contribution >= 0.6 is 0 Å². The summed E-state index contributed by atoms with van der Waals surface area (Å²) in [6.07, 6.45) is -6.11. The lowest BCUT2D eigenvalue weighted by Gasteiger charge is -2.36. The molecule has 0 amide bonds. The average Bonchev–Trinajstić information content (AvgIpc) is 3.28. The van der Waals surface area contributed by atoms with Crippen molar-refractivity contribution in [2.24, 2.45) is 0 Å². The zero-order valence-corrected chi connectivity index (χ0v) is 31.5. The maximum absolute atomic E-state index is 14.1. The van der Waals surface area contributed by atoms with E-state index in [-0.39, 0.29) is 48.7 Å². The van der Waals surface area contributed by atoms with Crippen LogP contribution in [-0.4, -0.2) is 61.5 Å². The largest absolute Gasteiger partial charge is 0.452 e. The number of benzene rings is 6. The van der Waals surface area contributed by atoms with E-state index in [1.165, 1.54) is 0 Å². The van der Waals surface area contributed by atoms with Gasteiger partial charge in [-0.05, 0) is 59.7 Å². The number of ether oxygens (including phenoxy) is 6. The second-order valence-electron chi connectivity index (χ2n) is 13.1. The number of carbonyl (C=O) groups excluding carboxylic acids is 4. The highest BCUT2D eigenvalue weighted by Gasteiger charge is 2.45. The van der Waals surface area contributed by atoms with E-state index in [4.69, 9.17) is 28.4 Å². The van der Waals surface area contributed by atoms with Crippen LogP contribution in [0, 0.1) is 0 Å². The van der Waals surface area contributed by atoms with Crippen LogP contribution in [0.1, 0.15) is 52.6 Å². The van der Waals surface area contributed by atoms with Gasteiger partial charge in [0.25, 0.3) is 0 Å². The Morgan fingerprint density at radius 2 is 0.569 bits per heavy atom. The Kier molecular flexibility index (Phi) is 15.1. The summed E-state index contributed by atoms with van der Waals surface area (Å²) in [5.74, 6) is -3.18. The third-order valence-electron chi connectivity index (χ3n) is 8.89. The fourth-order valence-electron chi connectivity index (χ4n) is 5.93. The molecule has 0 N–H and O–H groups in total. The summed E-state index contributed by atoms with van der Waals surface area (Å²) in [6.45, 7) is -0.463. The van der Waals surface area contributed by atoms with Crippen LogP contribution < -0.4 is 0 Å². The first-order chi connectivity index (χ1) is 28.4. The second-order valence-corrected chi connectivity index (χ2v) is 13.1. The number of carbonyl (C=O) groups is 4. The molecule has 0 aromatic heterocycles. The Labute approximate surface area is 336 Å². The monoisotopic (exact) mass is 778 g/mol. The first-order valence-electron chi connectivity index (χ1n) is 18.7. The Morgan fingerprint density at radius 1 is 0.328 bits per heavy atom. The van der Waals surface area contributed by atoms with Gasteiger partial charge < -0.3 is 28.4 Å². The fraction of sp³-hybridized carbons (Fsp3) is 0.167. The molecule has 4 atom stereocenters. The van der Waals surface area contributed by atoms with Gasteiger partial charge in [0.2, 0.25) is 0 Å². The van der Waals surface area contributed by atoms with E-state index in [1.807, 2.05) is 60.7 Å². The molecule has 0 saturated heterocycles. The van der Waals surface area contributed by atoms with E-state index in [9.17, 15) is 19.2 Å². The first-order valence-corrected chi connectivity index (χ1v) is 18.7. The van der Waals surface area contributed by atoms with Crippen molar-refractivity contribution >= 4 is 23.9 Å². The highest BCUT2D eigenvalue weighted by Crippen LogP contribution is 2.25. The van der Waals surface area contributed by atoms with Gasteiger partial charge in [0, 0.05) is 0 Å². The molecule has 0 fully saturated rings. The van der Waals surface area contributed by atoms with Crippen molar-refractivity contribution in [2.75, 3.05) is 13.2 Å². The minimum absolute atomic E-state index is 0.0979. The average molecular weight is 779 g/mol. The van der Waals surface area contributed by atoms with Crippen molar-refractivity contribution in [3.05, 3.63) is 215 Å². The van der Waals surface area contributed by atoms with Crippen LogP contribution in [0.5, 0.6) is 0 Å². The van der Waals surface area contributed by atoms with Gasteiger partial charge in [0.05, 0.1) is 48.7 Å². The smallest absolute Gasteiger partial charge is 0.338 e. The van der Waals surface area contributed by atoms with Crippen molar-refractivity contribution in [3.63, 3.8) is 0 Å². The van der Waals surface area contributed by atoms with Crippen molar-refractivity contribution in [2.45, 2.75) is 37.6 Å². The van der Waals surface area contributed by atoms with E-state index < -0.39 is 48.3 Å². The molecule has 6 rings (SSSR count). The molecule has 58 heavy (non-hydrogen) atoms. The maximum Gasteiger partial charge on any atom is 0.338 e. The van der Waals surface area contributed by atoms with Gasteiger partial charge in [-0.25, -0.2) is 19.2 Å². The zero-order valence-electron chi connectivity index (χ0n) is 31.5. The topological polar surface area (TPSA) is 124 Å². The molecule has 0 aliphatic carbocycles. The molecule has 0 bridgehead atoms. The molecule has 0 saturated carbocycles. The highest BCUT2D eigenvalue weighted by molar-refractivity contribution is 5.92. The molecule has 0 radical (unpaired) electrons. The van der Waals surface area contributed by atoms with E-state index in [0.717, 1.165) is 11.1 Å². The summed E-state index contributed by atoms with van der Waals surface area (Å²) < 4.78 is 37.1. The fourth-order valence-corrected chi connectivity index (χ4v) is 5.93. The van der Waals surface area contributed by atoms with Crippen LogP contribution in [0.2, 0.25) is 0 Å². The molecule has 0 unspecified atom stereocenters. The Balaban J connectivity index is 1.44. The predicted molar refractivity (Wildman–Crippen MR) is 215 cm³/mol. The molecule has 0 heterocycles. The predicted octanol–water partition coefficient (Wildman–Crippen LogP) is 8.32. The number of esters is 4. The van der Waals surface area contributed by atoms with Crippen LogP contribution in [0.15, 0.2) is 182 Å². The molecular formula is C48H42O10. The first kappa shape index (κ1) is 40.8. The lowest BCUT2D eigenvalue weighted by atomic mass is 10.0. The van der Waals surface area contributed by atoms with Crippen LogP contribution in [-0.2, 0) is 41.6 Å². The van der Waals surface area contributed by atoms with Crippen molar-refractivity contribution in [1.29, 1.82) is 0 Å². The Bertz CT molecular complexity index is 2010. The normalized spacial score (nSPS) is 12.9. The van der Waals surface area contributed by atoms with Crippen molar-refractivity contribution in [1.82, 2.24) is 0 Å². The second kappa shape index (κ2) is 21.4. The molecule has 10 heteroatoms. The summed E-state index contributed by atoms with van der Waals surface area (Å²) in [5, 5.41) is 0. The van der Waals surface area contributed by atoms with Gasteiger partial charge >= 0.3 is 23.9 Å². The van der Waals surface area contributed by atoms with E-state index in [1.54, 1.807) is 121 Å². The summed E-state index contributed by atoms with van der Waals surface area (Å²) >= 11 is 0. The highest BCUT2D eigenvalue weighted by atomic mass is 16.6. The lowest BCUT2D eigenvalue weighted by Crippen LogP contribution is -2.54. The van der Waals surface area contributed by atoms with E-state index in [2.05, 4.69) is 0 Å².